The van der Waals surface area contributed by atoms with Gasteiger partial charge < -0.3 is 9.84 Å². The topological polar surface area (TPSA) is 80.7 Å². The number of alkyl halides is 3. The summed E-state index contributed by atoms with van der Waals surface area (Å²) in [5, 5.41) is 8.69. The van der Waals surface area contributed by atoms with Crippen molar-refractivity contribution in [1.82, 2.24) is 0 Å². The Labute approximate surface area is 119 Å². The number of sulfone groups is 1. The van der Waals surface area contributed by atoms with E-state index in [1.54, 1.807) is 0 Å². The lowest BCUT2D eigenvalue weighted by atomic mass is 10.2. The zero-order valence-corrected chi connectivity index (χ0v) is 11.6. The molecule has 0 fully saturated rings. The highest BCUT2D eigenvalue weighted by Gasteiger charge is 2.27. The molecule has 0 heterocycles. The van der Waals surface area contributed by atoms with Crippen molar-refractivity contribution >= 4 is 15.8 Å². The van der Waals surface area contributed by atoms with Crippen LogP contribution in [0.3, 0.4) is 0 Å². The summed E-state index contributed by atoms with van der Waals surface area (Å²) in [5.74, 6) is -1.56. The maximum Gasteiger partial charge on any atom is 0.411 e. The summed E-state index contributed by atoms with van der Waals surface area (Å²) in [4.78, 5) is 10.5. The molecule has 0 saturated heterocycles. The van der Waals surface area contributed by atoms with Crippen molar-refractivity contribution < 1.29 is 36.2 Å². The van der Waals surface area contributed by atoms with Crippen molar-refractivity contribution in [2.45, 2.75) is 17.5 Å². The van der Waals surface area contributed by atoms with Crippen LogP contribution in [-0.2, 0) is 14.6 Å². The minimum atomic E-state index is -4.44. The Balaban J connectivity index is 2.52. The molecule has 0 radical (unpaired) electrons. The van der Waals surface area contributed by atoms with Gasteiger partial charge in [0.05, 0.1) is 16.2 Å². The Morgan fingerprint density at radius 2 is 1.76 bits per heavy atom. The molecule has 1 aromatic rings. The van der Waals surface area contributed by atoms with Crippen LogP contribution in [0.4, 0.5) is 13.2 Å². The van der Waals surface area contributed by atoms with E-state index in [4.69, 9.17) is 5.11 Å². The minimum Gasteiger partial charge on any atom is -0.478 e. The van der Waals surface area contributed by atoms with E-state index in [-0.39, 0.29) is 29.2 Å². The number of ether oxygens (including phenoxy) is 1. The Morgan fingerprint density at radius 1 is 1.19 bits per heavy atom. The second-order valence-electron chi connectivity index (χ2n) is 4.17. The van der Waals surface area contributed by atoms with Crippen LogP contribution < -0.4 is 0 Å². The molecule has 9 heteroatoms. The Hall–Kier alpha value is -1.61. The standard InChI is InChI=1S/C12H13F3O5S/c13-12(14,15)8-20-6-1-7-21(18,19)10-4-2-9(3-5-10)11(16)17/h2-5H,1,6-8H2,(H,16,17). The van der Waals surface area contributed by atoms with Gasteiger partial charge in [-0.25, -0.2) is 13.2 Å². The van der Waals surface area contributed by atoms with Crippen molar-refractivity contribution in [3.63, 3.8) is 0 Å². The molecule has 0 saturated carbocycles. The van der Waals surface area contributed by atoms with Crippen LogP contribution in [0.1, 0.15) is 16.8 Å². The second kappa shape index (κ2) is 6.90. The normalized spacial score (nSPS) is 12.3. The van der Waals surface area contributed by atoms with Crippen LogP contribution in [-0.4, -0.2) is 44.6 Å². The molecule has 1 rings (SSSR count). The van der Waals surface area contributed by atoms with Gasteiger partial charge in [0.25, 0.3) is 0 Å². The van der Waals surface area contributed by atoms with E-state index in [1.165, 1.54) is 0 Å². The van der Waals surface area contributed by atoms with Gasteiger partial charge in [0, 0.05) is 6.61 Å². The molecule has 5 nitrogen and oxygen atoms in total. The largest absolute Gasteiger partial charge is 0.478 e. The van der Waals surface area contributed by atoms with Crippen LogP contribution in [0.5, 0.6) is 0 Å². The van der Waals surface area contributed by atoms with E-state index in [1.807, 2.05) is 0 Å². The molecule has 0 aliphatic rings. The van der Waals surface area contributed by atoms with Gasteiger partial charge in [0.1, 0.15) is 6.61 Å². The van der Waals surface area contributed by atoms with Gasteiger partial charge in [-0.3, -0.25) is 0 Å². The van der Waals surface area contributed by atoms with Crippen molar-refractivity contribution in [3.8, 4) is 0 Å². The lowest BCUT2D eigenvalue weighted by molar-refractivity contribution is -0.173. The smallest absolute Gasteiger partial charge is 0.411 e. The van der Waals surface area contributed by atoms with E-state index >= 15 is 0 Å². The maximum absolute atomic E-state index is 11.8. The molecule has 0 aliphatic carbocycles. The number of rotatable bonds is 7. The van der Waals surface area contributed by atoms with E-state index in [9.17, 15) is 26.4 Å². The van der Waals surface area contributed by atoms with Gasteiger partial charge in [-0.2, -0.15) is 13.2 Å². The van der Waals surface area contributed by atoms with Gasteiger partial charge in [-0.1, -0.05) is 0 Å². The lowest BCUT2D eigenvalue weighted by Crippen LogP contribution is -2.18. The first kappa shape index (κ1) is 17.4. The second-order valence-corrected chi connectivity index (χ2v) is 6.28. The van der Waals surface area contributed by atoms with Gasteiger partial charge in [-0.15, -0.1) is 0 Å². The highest BCUT2D eigenvalue weighted by Crippen LogP contribution is 2.16. The summed E-state index contributed by atoms with van der Waals surface area (Å²) in [6.45, 7) is -1.74. The van der Waals surface area contributed by atoms with Crippen LogP contribution in [0.25, 0.3) is 0 Å². The maximum atomic E-state index is 11.8. The molecule has 1 N–H and O–H groups in total. The number of benzene rings is 1. The number of aromatic carboxylic acids is 1. The van der Waals surface area contributed by atoms with Gasteiger partial charge in [0.2, 0.25) is 0 Å². The van der Waals surface area contributed by atoms with Gasteiger partial charge in [0.15, 0.2) is 9.84 Å². The first-order chi connectivity index (χ1) is 9.62. The lowest BCUT2D eigenvalue weighted by Gasteiger charge is -2.08. The summed E-state index contributed by atoms with van der Waals surface area (Å²) < 4.78 is 63.4. The van der Waals surface area contributed by atoms with Crippen molar-refractivity contribution in [2.75, 3.05) is 19.0 Å². The first-order valence-electron chi connectivity index (χ1n) is 5.82. The molecule has 0 bridgehead atoms. The molecule has 0 atom stereocenters. The van der Waals surface area contributed by atoms with E-state index in [2.05, 4.69) is 4.74 Å². The minimum absolute atomic E-state index is 0.0533. The Bertz CT molecular complexity index is 578. The van der Waals surface area contributed by atoms with Crippen LogP contribution >= 0.6 is 0 Å². The number of hydrogen-bond donors (Lipinski definition) is 1. The number of halogens is 3. The van der Waals surface area contributed by atoms with Gasteiger partial charge in [-0.05, 0) is 30.7 Å². The van der Waals surface area contributed by atoms with E-state index < -0.39 is 28.6 Å². The van der Waals surface area contributed by atoms with Crippen LogP contribution in [0.15, 0.2) is 29.2 Å². The molecular formula is C12H13F3O5S. The predicted octanol–water partition coefficient (Wildman–Crippen LogP) is 2.13. The molecule has 21 heavy (non-hydrogen) atoms. The quantitative estimate of drug-likeness (QED) is 0.776. The SMILES string of the molecule is O=C(O)c1ccc(S(=O)(=O)CCCOCC(F)(F)F)cc1. The molecular weight excluding hydrogens is 313 g/mol. The molecule has 0 aromatic heterocycles. The molecule has 0 unspecified atom stereocenters. The monoisotopic (exact) mass is 326 g/mol. The zero-order chi connectivity index (χ0) is 16.1. The number of carboxylic acid groups (broad SMARTS) is 1. The summed E-state index contributed by atoms with van der Waals surface area (Å²) in [7, 11) is -3.67. The first-order valence-corrected chi connectivity index (χ1v) is 7.48. The van der Waals surface area contributed by atoms with Gasteiger partial charge >= 0.3 is 12.1 Å². The molecule has 1 aromatic carbocycles. The zero-order valence-electron chi connectivity index (χ0n) is 10.8. The number of carboxylic acids is 1. The fourth-order valence-electron chi connectivity index (χ4n) is 1.46. The fourth-order valence-corrected chi connectivity index (χ4v) is 2.75. The highest BCUT2D eigenvalue weighted by atomic mass is 32.2. The van der Waals surface area contributed by atoms with Crippen molar-refractivity contribution in [3.05, 3.63) is 29.8 Å². The average Bonchev–Trinajstić information content (AvgIpc) is 2.37. The summed E-state index contributed by atoms with van der Waals surface area (Å²) in [6, 6.07) is 4.59. The Morgan fingerprint density at radius 3 is 2.24 bits per heavy atom. The molecule has 0 amide bonds. The molecule has 0 aliphatic heterocycles. The number of carbonyl (C=O) groups is 1. The van der Waals surface area contributed by atoms with Crippen LogP contribution in [0, 0.1) is 0 Å². The third-order valence-corrected chi connectivity index (χ3v) is 4.24. The highest BCUT2D eigenvalue weighted by molar-refractivity contribution is 7.91. The van der Waals surface area contributed by atoms with E-state index in [0.717, 1.165) is 24.3 Å². The third kappa shape index (κ3) is 6.13. The average molecular weight is 326 g/mol. The van der Waals surface area contributed by atoms with Crippen LogP contribution in [0.2, 0.25) is 0 Å². The predicted molar refractivity (Wildman–Crippen MR) is 66.9 cm³/mol. The summed E-state index contributed by atoms with van der Waals surface area (Å²) in [5.41, 5.74) is -0.0533. The molecule has 0 spiro atoms. The summed E-state index contributed by atoms with van der Waals surface area (Å²) >= 11 is 0. The summed E-state index contributed by atoms with van der Waals surface area (Å²) in [6.07, 6.45) is -4.52. The van der Waals surface area contributed by atoms with Crippen molar-refractivity contribution in [2.24, 2.45) is 0 Å². The third-order valence-electron chi connectivity index (χ3n) is 2.43. The van der Waals surface area contributed by atoms with E-state index in [0.29, 0.717) is 0 Å². The number of hydrogen-bond acceptors (Lipinski definition) is 4. The van der Waals surface area contributed by atoms with Crippen molar-refractivity contribution in [1.29, 1.82) is 0 Å². The fraction of sp³-hybridized carbons (Fsp3) is 0.417. The Kier molecular flexibility index (Phi) is 5.73. The molecule has 118 valence electrons.